The fraction of sp³-hybridized carbons (Fsp3) is 0.154. The molecule has 0 aliphatic rings. The van der Waals surface area contributed by atoms with Gasteiger partial charge < -0.3 is 5.32 Å². The Bertz CT molecular complexity index is 565. The molecule has 6 heteroatoms. The number of hydrogen-bond donors (Lipinski definition) is 1. The van der Waals surface area contributed by atoms with Crippen LogP contribution in [-0.4, -0.2) is 22.4 Å². The van der Waals surface area contributed by atoms with Gasteiger partial charge in [0.25, 0.3) is 0 Å². The van der Waals surface area contributed by atoms with E-state index in [9.17, 15) is 9.59 Å². The molecule has 0 atom stereocenters. The first-order chi connectivity index (χ1) is 9.15. The normalized spacial score (nSPS) is 10.2. The number of rotatable bonds is 5. The molecule has 2 aromatic rings. The third-order valence-corrected chi connectivity index (χ3v) is 4.23. The lowest BCUT2D eigenvalue weighted by Gasteiger charge is -2.03. The molecule has 0 aliphatic heterocycles. The third kappa shape index (κ3) is 4.18. The molecule has 1 amide bonds. The molecule has 0 unspecified atom stereocenters. The van der Waals surface area contributed by atoms with E-state index in [0.717, 1.165) is 4.34 Å². The number of amides is 1. The van der Waals surface area contributed by atoms with E-state index in [0.29, 0.717) is 17.0 Å². The summed E-state index contributed by atoms with van der Waals surface area (Å²) < 4.78 is 0.892. The summed E-state index contributed by atoms with van der Waals surface area (Å²) in [5, 5.41) is 4.55. The van der Waals surface area contributed by atoms with E-state index in [4.69, 9.17) is 0 Å². The molecule has 0 fully saturated rings. The molecule has 1 aromatic carbocycles. The Morgan fingerprint density at radius 2 is 2.05 bits per heavy atom. The molecule has 1 aromatic heterocycles. The van der Waals surface area contributed by atoms with E-state index >= 15 is 0 Å². The van der Waals surface area contributed by atoms with E-state index in [-0.39, 0.29) is 11.7 Å². The molecule has 4 nitrogen and oxygen atoms in total. The molecule has 1 N–H and O–H groups in total. The Morgan fingerprint density at radius 1 is 1.32 bits per heavy atom. The highest BCUT2D eigenvalue weighted by Crippen LogP contribution is 2.21. The summed E-state index contributed by atoms with van der Waals surface area (Å²) in [5.41, 5.74) is 1.33. The zero-order valence-corrected chi connectivity index (χ0v) is 11.9. The molecular formula is C13H12N2O2S2. The number of aromatic nitrogens is 1. The summed E-state index contributed by atoms with van der Waals surface area (Å²) in [6.07, 6.45) is 1.72. The quantitative estimate of drug-likeness (QED) is 0.679. The summed E-state index contributed by atoms with van der Waals surface area (Å²) in [7, 11) is 0. The highest BCUT2D eigenvalue weighted by atomic mass is 32.2. The van der Waals surface area contributed by atoms with Gasteiger partial charge in [0, 0.05) is 29.8 Å². The van der Waals surface area contributed by atoms with Crippen molar-refractivity contribution in [2.45, 2.75) is 11.3 Å². The number of anilines is 1. The molecule has 1 heterocycles. The number of nitrogens with one attached hydrogen (secondary N) is 1. The van der Waals surface area contributed by atoms with Gasteiger partial charge in [0.1, 0.15) is 4.34 Å². The van der Waals surface area contributed by atoms with Crippen LogP contribution in [0.25, 0.3) is 0 Å². The van der Waals surface area contributed by atoms with Crippen LogP contribution < -0.4 is 5.32 Å². The Kier molecular flexibility index (Phi) is 4.70. The third-order valence-electron chi connectivity index (χ3n) is 2.26. The summed E-state index contributed by atoms with van der Waals surface area (Å²) in [4.78, 5) is 26.9. The standard InChI is InChI=1S/C13H12N2O2S2/c1-9(16)15-11-4-2-10(3-5-11)12(17)8-19-13-14-6-7-18-13/h2-7H,8H2,1H3,(H,15,16). The molecule has 0 radical (unpaired) electrons. The fourth-order valence-corrected chi connectivity index (χ4v) is 2.97. The van der Waals surface area contributed by atoms with Gasteiger partial charge in [0.05, 0.1) is 5.75 Å². The number of thiazole rings is 1. The van der Waals surface area contributed by atoms with Crippen molar-refractivity contribution in [1.29, 1.82) is 0 Å². The Morgan fingerprint density at radius 3 is 2.63 bits per heavy atom. The van der Waals surface area contributed by atoms with Gasteiger partial charge in [0.15, 0.2) is 5.78 Å². The predicted octanol–water partition coefficient (Wildman–Crippen LogP) is 3.08. The summed E-state index contributed by atoms with van der Waals surface area (Å²) >= 11 is 2.95. The number of nitrogens with zero attached hydrogens (tertiary/aromatic N) is 1. The minimum atomic E-state index is -0.126. The second-order valence-corrected chi connectivity index (χ2v) is 5.89. The van der Waals surface area contributed by atoms with Gasteiger partial charge in [-0.1, -0.05) is 11.8 Å². The molecule has 0 saturated heterocycles. The first kappa shape index (κ1) is 13.8. The highest BCUT2D eigenvalue weighted by Gasteiger charge is 2.08. The average Bonchev–Trinajstić information content (AvgIpc) is 2.89. The van der Waals surface area contributed by atoms with Crippen molar-refractivity contribution in [3.05, 3.63) is 41.4 Å². The molecule has 0 bridgehead atoms. The van der Waals surface area contributed by atoms with Gasteiger partial charge in [-0.3, -0.25) is 9.59 Å². The lowest BCUT2D eigenvalue weighted by molar-refractivity contribution is -0.114. The van der Waals surface area contributed by atoms with Crippen LogP contribution in [0.5, 0.6) is 0 Å². The van der Waals surface area contributed by atoms with Gasteiger partial charge >= 0.3 is 0 Å². The number of thioether (sulfide) groups is 1. The summed E-state index contributed by atoms with van der Waals surface area (Å²) in [6, 6.07) is 6.89. The van der Waals surface area contributed by atoms with Gasteiger partial charge in [-0.05, 0) is 24.3 Å². The van der Waals surface area contributed by atoms with Crippen molar-refractivity contribution >= 4 is 40.5 Å². The number of carbonyl (C=O) groups excluding carboxylic acids is 2. The zero-order valence-electron chi connectivity index (χ0n) is 10.3. The second kappa shape index (κ2) is 6.49. The van der Waals surface area contributed by atoms with Crippen LogP contribution in [0.2, 0.25) is 0 Å². The van der Waals surface area contributed by atoms with Crippen LogP contribution in [0.15, 0.2) is 40.2 Å². The number of carbonyl (C=O) groups is 2. The van der Waals surface area contributed by atoms with Crippen molar-refractivity contribution in [3.8, 4) is 0 Å². The molecule has 0 spiro atoms. The maximum atomic E-state index is 11.9. The van der Waals surface area contributed by atoms with Crippen LogP contribution in [0.4, 0.5) is 5.69 Å². The van der Waals surface area contributed by atoms with Gasteiger partial charge in [-0.2, -0.15) is 0 Å². The van der Waals surface area contributed by atoms with Crippen LogP contribution in [-0.2, 0) is 4.79 Å². The van der Waals surface area contributed by atoms with Crippen molar-refractivity contribution in [3.63, 3.8) is 0 Å². The number of hydrogen-bond acceptors (Lipinski definition) is 5. The first-order valence-corrected chi connectivity index (χ1v) is 7.45. The van der Waals surface area contributed by atoms with E-state index in [1.807, 2.05) is 5.38 Å². The van der Waals surface area contributed by atoms with Crippen LogP contribution in [0.1, 0.15) is 17.3 Å². The highest BCUT2D eigenvalue weighted by molar-refractivity contribution is 8.01. The number of ketones is 1. The van der Waals surface area contributed by atoms with Crippen molar-refractivity contribution < 1.29 is 9.59 Å². The minimum absolute atomic E-state index is 0.0505. The maximum Gasteiger partial charge on any atom is 0.221 e. The summed E-state index contributed by atoms with van der Waals surface area (Å²) in [6.45, 7) is 1.45. The maximum absolute atomic E-state index is 11.9. The lowest BCUT2D eigenvalue weighted by Crippen LogP contribution is -2.06. The molecular weight excluding hydrogens is 280 g/mol. The molecule has 0 saturated carbocycles. The van der Waals surface area contributed by atoms with Gasteiger partial charge in [0.2, 0.25) is 5.91 Å². The summed E-state index contributed by atoms with van der Waals surface area (Å²) in [5.74, 6) is 0.292. The van der Waals surface area contributed by atoms with Gasteiger partial charge in [-0.25, -0.2) is 4.98 Å². The molecule has 19 heavy (non-hydrogen) atoms. The predicted molar refractivity (Wildman–Crippen MR) is 77.9 cm³/mol. The second-order valence-electron chi connectivity index (χ2n) is 3.77. The Balaban J connectivity index is 1.93. The largest absolute Gasteiger partial charge is 0.326 e. The van der Waals surface area contributed by atoms with Crippen LogP contribution >= 0.6 is 23.1 Å². The van der Waals surface area contributed by atoms with E-state index in [1.54, 1.807) is 30.5 Å². The topological polar surface area (TPSA) is 59.1 Å². The van der Waals surface area contributed by atoms with Gasteiger partial charge in [-0.15, -0.1) is 11.3 Å². The van der Waals surface area contributed by atoms with E-state index in [1.165, 1.54) is 30.0 Å². The number of benzene rings is 1. The first-order valence-electron chi connectivity index (χ1n) is 5.58. The van der Waals surface area contributed by atoms with Crippen molar-refractivity contribution in [1.82, 2.24) is 4.98 Å². The van der Waals surface area contributed by atoms with Crippen molar-refractivity contribution in [2.75, 3.05) is 11.1 Å². The Hall–Kier alpha value is -1.66. The fourth-order valence-electron chi connectivity index (χ4n) is 1.43. The van der Waals surface area contributed by atoms with E-state index < -0.39 is 0 Å². The smallest absolute Gasteiger partial charge is 0.221 e. The van der Waals surface area contributed by atoms with Crippen LogP contribution in [0, 0.1) is 0 Å². The molecule has 2 rings (SSSR count). The Labute approximate surface area is 119 Å². The van der Waals surface area contributed by atoms with Crippen molar-refractivity contribution in [2.24, 2.45) is 0 Å². The minimum Gasteiger partial charge on any atom is -0.326 e. The lowest BCUT2D eigenvalue weighted by atomic mass is 10.1. The van der Waals surface area contributed by atoms with Crippen LogP contribution in [0.3, 0.4) is 0 Å². The monoisotopic (exact) mass is 292 g/mol. The average molecular weight is 292 g/mol. The number of Topliss-reactive ketones (excluding diaryl/α,β-unsaturated/α-hetero) is 1. The zero-order chi connectivity index (χ0) is 13.7. The van der Waals surface area contributed by atoms with E-state index in [2.05, 4.69) is 10.3 Å². The SMILES string of the molecule is CC(=O)Nc1ccc(C(=O)CSc2nccs2)cc1. The molecule has 0 aliphatic carbocycles. The molecule has 98 valence electrons.